The van der Waals surface area contributed by atoms with Gasteiger partial charge in [-0.05, 0) is 36.8 Å². The molecule has 0 saturated heterocycles. The van der Waals surface area contributed by atoms with Gasteiger partial charge in [-0.3, -0.25) is 0 Å². The van der Waals surface area contributed by atoms with Gasteiger partial charge in [0.2, 0.25) is 0 Å². The minimum absolute atomic E-state index is 0.292. The number of para-hydroxylation sites is 1. The maximum atomic E-state index is 12.2. The van der Waals surface area contributed by atoms with Crippen molar-refractivity contribution in [2.75, 3.05) is 12.3 Å². The van der Waals surface area contributed by atoms with Gasteiger partial charge in [0, 0.05) is 17.4 Å². The molecule has 0 amide bonds. The van der Waals surface area contributed by atoms with Gasteiger partial charge in [-0.25, -0.2) is 9.48 Å². The van der Waals surface area contributed by atoms with Crippen LogP contribution in [0.15, 0.2) is 60.8 Å². The maximum Gasteiger partial charge on any atom is 0.359 e. The topological polar surface area (TPSA) is 70.1 Å². The van der Waals surface area contributed by atoms with Gasteiger partial charge in [0.05, 0.1) is 12.3 Å². The summed E-state index contributed by atoms with van der Waals surface area (Å²) >= 11 is 0. The molecular weight excluding hydrogens is 290 g/mol. The number of nitrogen functional groups attached to an aromatic ring is 1. The van der Waals surface area contributed by atoms with Crippen LogP contribution in [0.2, 0.25) is 0 Å². The third-order valence-corrected chi connectivity index (χ3v) is 3.43. The van der Waals surface area contributed by atoms with E-state index in [-0.39, 0.29) is 0 Å². The van der Waals surface area contributed by atoms with Crippen LogP contribution in [0.5, 0.6) is 0 Å². The summed E-state index contributed by atoms with van der Waals surface area (Å²) in [6.45, 7) is 2.08. The second-order valence-corrected chi connectivity index (χ2v) is 5.01. The molecule has 5 heteroatoms. The largest absolute Gasteiger partial charge is 0.461 e. The van der Waals surface area contributed by atoms with Crippen molar-refractivity contribution in [3.63, 3.8) is 0 Å². The fourth-order valence-electron chi connectivity index (χ4n) is 2.31. The first kappa shape index (κ1) is 14.8. The number of rotatable bonds is 4. The monoisotopic (exact) mass is 307 g/mol. The predicted molar refractivity (Wildman–Crippen MR) is 89.4 cm³/mol. The van der Waals surface area contributed by atoms with Crippen molar-refractivity contribution in [1.29, 1.82) is 0 Å². The molecule has 0 aliphatic heterocycles. The van der Waals surface area contributed by atoms with E-state index >= 15 is 0 Å². The average molecular weight is 307 g/mol. The highest BCUT2D eigenvalue weighted by atomic mass is 16.5. The molecule has 1 aromatic heterocycles. The van der Waals surface area contributed by atoms with Crippen LogP contribution >= 0.6 is 0 Å². The van der Waals surface area contributed by atoms with E-state index in [1.54, 1.807) is 23.7 Å². The quantitative estimate of drug-likeness (QED) is 0.593. The molecule has 0 spiro atoms. The minimum Gasteiger partial charge on any atom is -0.461 e. The highest BCUT2D eigenvalue weighted by Gasteiger charge is 2.19. The van der Waals surface area contributed by atoms with Gasteiger partial charge in [-0.15, -0.1) is 0 Å². The minimum atomic E-state index is -0.436. The summed E-state index contributed by atoms with van der Waals surface area (Å²) in [5.41, 5.74) is 9.15. The normalized spacial score (nSPS) is 10.5. The van der Waals surface area contributed by atoms with E-state index < -0.39 is 5.97 Å². The first-order chi connectivity index (χ1) is 11.2. The highest BCUT2D eigenvalue weighted by Crippen LogP contribution is 2.26. The number of carbonyl (C=O) groups excluding carboxylic acids is 1. The Labute approximate surface area is 134 Å². The second-order valence-electron chi connectivity index (χ2n) is 5.01. The molecular formula is C18H17N3O2. The number of aromatic nitrogens is 2. The van der Waals surface area contributed by atoms with E-state index in [1.165, 1.54) is 0 Å². The summed E-state index contributed by atoms with van der Waals surface area (Å²) in [4.78, 5) is 12.2. The number of nitrogens with zero attached hydrogens (tertiary/aromatic N) is 2. The number of ether oxygens (including phenoxy) is 1. The van der Waals surface area contributed by atoms with Crippen molar-refractivity contribution in [2.24, 2.45) is 0 Å². The van der Waals surface area contributed by atoms with Crippen LogP contribution < -0.4 is 5.73 Å². The molecule has 0 radical (unpaired) electrons. The van der Waals surface area contributed by atoms with Crippen LogP contribution in [0, 0.1) is 0 Å². The summed E-state index contributed by atoms with van der Waals surface area (Å²) in [7, 11) is 0. The molecule has 0 saturated carbocycles. The Morgan fingerprint density at radius 3 is 2.48 bits per heavy atom. The smallest absolute Gasteiger partial charge is 0.359 e. The molecule has 1 heterocycles. The molecule has 116 valence electrons. The molecule has 0 fully saturated rings. The first-order valence-corrected chi connectivity index (χ1v) is 7.37. The maximum absolute atomic E-state index is 12.2. The number of carbonyl (C=O) groups is 1. The molecule has 3 aromatic rings. The lowest BCUT2D eigenvalue weighted by atomic mass is 10.1. The van der Waals surface area contributed by atoms with Crippen LogP contribution in [-0.4, -0.2) is 22.4 Å². The Hall–Kier alpha value is -3.08. The summed E-state index contributed by atoms with van der Waals surface area (Å²) in [6, 6.07) is 16.9. The zero-order valence-electron chi connectivity index (χ0n) is 12.8. The van der Waals surface area contributed by atoms with Crippen LogP contribution in [0.3, 0.4) is 0 Å². The summed E-state index contributed by atoms with van der Waals surface area (Å²) in [5, 5.41) is 4.41. The van der Waals surface area contributed by atoms with Gasteiger partial charge in [0.15, 0.2) is 5.69 Å². The number of esters is 1. The predicted octanol–water partition coefficient (Wildman–Crippen LogP) is 3.30. The van der Waals surface area contributed by atoms with E-state index in [0.29, 0.717) is 23.6 Å². The third-order valence-electron chi connectivity index (χ3n) is 3.43. The highest BCUT2D eigenvalue weighted by molar-refractivity contribution is 5.95. The van der Waals surface area contributed by atoms with Crippen molar-refractivity contribution in [2.45, 2.75) is 6.92 Å². The molecule has 0 aliphatic carbocycles. The van der Waals surface area contributed by atoms with E-state index in [4.69, 9.17) is 10.5 Å². The SMILES string of the molecule is CCOC(=O)c1nn(-c2ccccc2)cc1-c1ccc(N)cc1. The Kier molecular flexibility index (Phi) is 4.10. The fourth-order valence-corrected chi connectivity index (χ4v) is 2.31. The summed E-state index contributed by atoms with van der Waals surface area (Å²) < 4.78 is 6.80. The lowest BCUT2D eigenvalue weighted by Gasteiger charge is -2.02. The molecule has 2 aromatic carbocycles. The van der Waals surface area contributed by atoms with Gasteiger partial charge in [0.1, 0.15) is 0 Å². The fraction of sp³-hybridized carbons (Fsp3) is 0.111. The zero-order chi connectivity index (χ0) is 16.2. The van der Waals surface area contributed by atoms with Crippen LogP contribution in [0.25, 0.3) is 16.8 Å². The molecule has 5 nitrogen and oxygen atoms in total. The molecule has 0 bridgehead atoms. The molecule has 2 N–H and O–H groups in total. The van der Waals surface area contributed by atoms with Crippen molar-refractivity contribution in [1.82, 2.24) is 9.78 Å². The van der Waals surface area contributed by atoms with Crippen LogP contribution in [0.1, 0.15) is 17.4 Å². The number of hydrogen-bond donors (Lipinski definition) is 1. The van der Waals surface area contributed by atoms with Crippen LogP contribution in [0.4, 0.5) is 5.69 Å². The Morgan fingerprint density at radius 1 is 1.13 bits per heavy atom. The van der Waals surface area contributed by atoms with Crippen molar-refractivity contribution in [3.8, 4) is 16.8 Å². The van der Waals surface area contributed by atoms with Crippen molar-refractivity contribution >= 4 is 11.7 Å². The van der Waals surface area contributed by atoms with E-state index in [1.807, 2.05) is 48.7 Å². The van der Waals surface area contributed by atoms with E-state index in [2.05, 4.69) is 5.10 Å². The third kappa shape index (κ3) is 3.08. The summed E-state index contributed by atoms with van der Waals surface area (Å²) in [6.07, 6.45) is 1.83. The van der Waals surface area contributed by atoms with Crippen molar-refractivity contribution in [3.05, 3.63) is 66.5 Å². The zero-order valence-corrected chi connectivity index (χ0v) is 12.8. The van der Waals surface area contributed by atoms with Crippen LogP contribution in [-0.2, 0) is 4.74 Å². The van der Waals surface area contributed by atoms with Crippen molar-refractivity contribution < 1.29 is 9.53 Å². The van der Waals surface area contributed by atoms with Gasteiger partial charge < -0.3 is 10.5 Å². The molecule has 23 heavy (non-hydrogen) atoms. The summed E-state index contributed by atoms with van der Waals surface area (Å²) in [5.74, 6) is -0.436. The lowest BCUT2D eigenvalue weighted by Crippen LogP contribution is -2.07. The Bertz CT molecular complexity index is 808. The number of benzene rings is 2. The number of nitrogens with two attached hydrogens (primary N) is 1. The standard InChI is InChI=1S/C18H17N3O2/c1-2-23-18(22)17-16(13-8-10-14(19)11-9-13)12-21(20-17)15-6-4-3-5-7-15/h3-12H,2,19H2,1H3. The van der Waals surface area contributed by atoms with E-state index in [9.17, 15) is 4.79 Å². The molecule has 0 unspecified atom stereocenters. The molecule has 0 aliphatic rings. The Morgan fingerprint density at radius 2 is 1.83 bits per heavy atom. The molecule has 3 rings (SSSR count). The van der Waals surface area contributed by atoms with Gasteiger partial charge in [-0.2, -0.15) is 5.10 Å². The molecule has 0 atom stereocenters. The van der Waals surface area contributed by atoms with Gasteiger partial charge >= 0.3 is 5.97 Å². The van der Waals surface area contributed by atoms with Gasteiger partial charge in [0.25, 0.3) is 0 Å². The number of hydrogen-bond acceptors (Lipinski definition) is 4. The number of anilines is 1. The lowest BCUT2D eigenvalue weighted by molar-refractivity contribution is 0.0520. The second kappa shape index (κ2) is 6.36. The Balaban J connectivity index is 2.10. The van der Waals surface area contributed by atoms with E-state index in [0.717, 1.165) is 11.3 Å². The van der Waals surface area contributed by atoms with Gasteiger partial charge in [-0.1, -0.05) is 30.3 Å². The average Bonchev–Trinajstić information content (AvgIpc) is 3.02. The first-order valence-electron chi connectivity index (χ1n) is 7.37.